The standard InChI is InChI=1S/C29H45Cl2N5O7/c1-29(2,3)43-28(39)34-10-13-40-14-15-41-16-17-42-20-27(38)36-11-7-21(8-12-36)18-26(37)35-25(32)6-9-33-22-4-5-23(30)24(31)19-22/h4-5,19,21,33H,6-18,20H2,1-3H3,(H,34,39)(H2,32,35,37). The second kappa shape index (κ2) is 19.6. The number of likely N-dealkylation sites (tertiary alicyclic amines) is 1. The van der Waals surface area contributed by atoms with E-state index in [2.05, 4.69) is 15.6 Å². The Labute approximate surface area is 263 Å². The zero-order valence-corrected chi connectivity index (χ0v) is 26.8. The molecule has 3 amide bonds. The van der Waals surface area contributed by atoms with E-state index in [0.717, 1.165) is 18.5 Å². The van der Waals surface area contributed by atoms with Gasteiger partial charge in [0.15, 0.2) is 0 Å². The van der Waals surface area contributed by atoms with Crippen LogP contribution in [0.15, 0.2) is 23.2 Å². The summed E-state index contributed by atoms with van der Waals surface area (Å²) >= 11 is 11.9. The van der Waals surface area contributed by atoms with Crippen LogP contribution in [0, 0.1) is 5.92 Å². The topological polar surface area (TPSA) is 154 Å². The third-order valence-corrected chi connectivity index (χ3v) is 6.95. The van der Waals surface area contributed by atoms with Crippen molar-refractivity contribution in [2.24, 2.45) is 16.6 Å². The summed E-state index contributed by atoms with van der Waals surface area (Å²) in [6.45, 7) is 9.10. The average Bonchev–Trinajstić information content (AvgIpc) is 2.93. The van der Waals surface area contributed by atoms with Crippen molar-refractivity contribution in [2.45, 2.75) is 52.1 Å². The first-order chi connectivity index (χ1) is 20.4. The lowest BCUT2D eigenvalue weighted by molar-refractivity contribution is -0.138. The van der Waals surface area contributed by atoms with Gasteiger partial charge in [0.2, 0.25) is 11.8 Å². The van der Waals surface area contributed by atoms with E-state index in [4.69, 9.17) is 47.9 Å². The number of carbonyl (C=O) groups is 3. The van der Waals surface area contributed by atoms with Crippen LogP contribution in [0.2, 0.25) is 10.0 Å². The normalized spacial score (nSPS) is 14.4. The fourth-order valence-electron chi connectivity index (χ4n) is 4.07. The molecule has 2 rings (SSSR count). The summed E-state index contributed by atoms with van der Waals surface area (Å²) in [5, 5.41) is 6.71. The van der Waals surface area contributed by atoms with Crippen molar-refractivity contribution in [3.63, 3.8) is 0 Å². The number of hydrogen-bond acceptors (Lipinski definition) is 8. The molecule has 0 bridgehead atoms. The van der Waals surface area contributed by atoms with Gasteiger partial charge < -0.3 is 40.2 Å². The molecule has 0 spiro atoms. The molecule has 1 saturated heterocycles. The molecule has 0 radical (unpaired) electrons. The number of aliphatic imine (C=N–C) groups is 1. The number of nitrogens with zero attached hydrogens (tertiary/aromatic N) is 2. The predicted molar refractivity (Wildman–Crippen MR) is 167 cm³/mol. The molecule has 4 N–H and O–H groups in total. The zero-order valence-electron chi connectivity index (χ0n) is 25.3. The molecule has 14 heteroatoms. The predicted octanol–water partition coefficient (Wildman–Crippen LogP) is 3.88. The number of amidine groups is 1. The Morgan fingerprint density at radius 1 is 0.977 bits per heavy atom. The molecule has 43 heavy (non-hydrogen) atoms. The summed E-state index contributed by atoms with van der Waals surface area (Å²) in [7, 11) is 0. The highest BCUT2D eigenvalue weighted by Crippen LogP contribution is 2.25. The number of rotatable bonds is 17. The summed E-state index contributed by atoms with van der Waals surface area (Å²) in [4.78, 5) is 42.1. The van der Waals surface area contributed by atoms with Crippen molar-refractivity contribution in [3.8, 4) is 0 Å². The number of hydrogen-bond donors (Lipinski definition) is 3. The van der Waals surface area contributed by atoms with Gasteiger partial charge in [0, 0.05) is 44.7 Å². The molecule has 1 aromatic carbocycles. The molecule has 1 heterocycles. The zero-order chi connectivity index (χ0) is 31.7. The van der Waals surface area contributed by atoms with E-state index in [1.807, 2.05) is 6.07 Å². The maximum Gasteiger partial charge on any atom is 0.407 e. The smallest absolute Gasteiger partial charge is 0.407 e. The van der Waals surface area contributed by atoms with Crippen LogP contribution in [-0.2, 0) is 28.5 Å². The van der Waals surface area contributed by atoms with E-state index in [9.17, 15) is 14.4 Å². The van der Waals surface area contributed by atoms with Crippen molar-refractivity contribution < 1.29 is 33.3 Å². The maximum absolute atomic E-state index is 12.4. The summed E-state index contributed by atoms with van der Waals surface area (Å²) in [5.41, 5.74) is 6.21. The number of amides is 3. The number of alkyl carbamates (subject to hydrolysis) is 1. The second-order valence-corrected chi connectivity index (χ2v) is 11.9. The van der Waals surface area contributed by atoms with Gasteiger partial charge in [-0.05, 0) is 57.7 Å². The molecule has 1 aromatic rings. The lowest BCUT2D eigenvalue weighted by atomic mass is 9.93. The Morgan fingerprint density at radius 2 is 1.63 bits per heavy atom. The van der Waals surface area contributed by atoms with Crippen LogP contribution in [0.3, 0.4) is 0 Å². The fraction of sp³-hybridized carbons (Fsp3) is 0.655. The first-order valence-corrected chi connectivity index (χ1v) is 15.2. The Hall–Kier alpha value is -2.64. The number of nitrogens with one attached hydrogen (secondary N) is 2. The van der Waals surface area contributed by atoms with Crippen LogP contribution in [0.1, 0.15) is 46.5 Å². The molecule has 0 unspecified atom stereocenters. The number of piperidine rings is 1. The van der Waals surface area contributed by atoms with Gasteiger partial charge in [-0.2, -0.15) is 0 Å². The van der Waals surface area contributed by atoms with Gasteiger partial charge in [0.25, 0.3) is 0 Å². The van der Waals surface area contributed by atoms with Crippen LogP contribution < -0.4 is 16.4 Å². The summed E-state index contributed by atoms with van der Waals surface area (Å²) < 4.78 is 21.4. The summed E-state index contributed by atoms with van der Waals surface area (Å²) in [6.07, 6.45) is 1.69. The Morgan fingerprint density at radius 3 is 2.28 bits per heavy atom. The van der Waals surface area contributed by atoms with Crippen molar-refractivity contribution >= 4 is 52.6 Å². The van der Waals surface area contributed by atoms with Crippen molar-refractivity contribution in [3.05, 3.63) is 28.2 Å². The van der Waals surface area contributed by atoms with Gasteiger partial charge >= 0.3 is 6.09 Å². The Kier molecular flexibility index (Phi) is 16.7. The molecule has 1 aliphatic rings. The van der Waals surface area contributed by atoms with E-state index < -0.39 is 11.7 Å². The third-order valence-electron chi connectivity index (χ3n) is 6.21. The minimum absolute atomic E-state index is 0.0170. The van der Waals surface area contributed by atoms with Crippen molar-refractivity contribution in [1.29, 1.82) is 0 Å². The van der Waals surface area contributed by atoms with Crippen LogP contribution in [0.4, 0.5) is 10.5 Å². The van der Waals surface area contributed by atoms with Crippen LogP contribution >= 0.6 is 23.2 Å². The highest BCUT2D eigenvalue weighted by Gasteiger charge is 2.24. The summed E-state index contributed by atoms with van der Waals surface area (Å²) in [6, 6.07) is 5.23. The minimum Gasteiger partial charge on any atom is -0.444 e. The van der Waals surface area contributed by atoms with Crippen LogP contribution in [-0.4, -0.2) is 100 Å². The third kappa shape index (κ3) is 16.7. The number of benzene rings is 1. The molecular formula is C29H45Cl2N5O7. The van der Waals surface area contributed by atoms with Gasteiger partial charge in [0.1, 0.15) is 18.0 Å². The summed E-state index contributed by atoms with van der Waals surface area (Å²) in [5.74, 6) is 0.101. The molecule has 12 nitrogen and oxygen atoms in total. The molecule has 0 aliphatic carbocycles. The van der Waals surface area contributed by atoms with Crippen molar-refractivity contribution in [2.75, 3.05) is 71.1 Å². The molecule has 1 fully saturated rings. The van der Waals surface area contributed by atoms with E-state index in [-0.39, 0.29) is 30.2 Å². The molecule has 0 saturated carbocycles. The first kappa shape index (κ1) is 36.6. The van der Waals surface area contributed by atoms with Gasteiger partial charge in [0.05, 0.1) is 43.1 Å². The quantitative estimate of drug-likeness (QED) is 0.130. The number of carbonyl (C=O) groups excluding carboxylic acids is 3. The largest absolute Gasteiger partial charge is 0.444 e. The lowest BCUT2D eigenvalue weighted by Crippen LogP contribution is -2.41. The first-order valence-electron chi connectivity index (χ1n) is 14.5. The molecular weight excluding hydrogens is 601 g/mol. The number of nitrogens with two attached hydrogens (primary N) is 1. The monoisotopic (exact) mass is 645 g/mol. The van der Waals surface area contributed by atoms with E-state index in [0.29, 0.717) is 82.1 Å². The Balaban J connectivity index is 1.47. The van der Waals surface area contributed by atoms with E-state index >= 15 is 0 Å². The minimum atomic E-state index is -0.536. The highest BCUT2D eigenvalue weighted by molar-refractivity contribution is 6.42. The maximum atomic E-state index is 12.4. The lowest BCUT2D eigenvalue weighted by Gasteiger charge is -2.31. The molecule has 0 atom stereocenters. The number of halogens is 2. The molecule has 1 aliphatic heterocycles. The average molecular weight is 647 g/mol. The SMILES string of the molecule is CC(C)(C)OC(=O)NCCOCCOCCOCC(=O)N1CCC(CC(=O)N=C(N)CCNc2ccc(Cl)c(Cl)c2)CC1. The Bertz CT molecular complexity index is 1060. The van der Waals surface area contributed by atoms with Gasteiger partial charge in [-0.25, -0.2) is 9.79 Å². The molecule has 242 valence electrons. The van der Waals surface area contributed by atoms with E-state index in [1.165, 1.54) is 0 Å². The van der Waals surface area contributed by atoms with Crippen LogP contribution in [0.5, 0.6) is 0 Å². The molecule has 0 aromatic heterocycles. The fourth-order valence-corrected chi connectivity index (χ4v) is 4.36. The number of anilines is 1. The highest BCUT2D eigenvalue weighted by atomic mass is 35.5. The van der Waals surface area contributed by atoms with Crippen molar-refractivity contribution in [1.82, 2.24) is 10.2 Å². The number of ether oxygens (including phenoxy) is 4. The van der Waals surface area contributed by atoms with Gasteiger partial charge in [-0.1, -0.05) is 23.2 Å². The van der Waals surface area contributed by atoms with Crippen LogP contribution in [0.25, 0.3) is 0 Å². The van der Waals surface area contributed by atoms with Gasteiger partial charge in [-0.3, -0.25) is 9.59 Å². The van der Waals surface area contributed by atoms with Gasteiger partial charge in [-0.15, -0.1) is 0 Å². The second-order valence-electron chi connectivity index (χ2n) is 11.0. The van der Waals surface area contributed by atoms with E-state index in [1.54, 1.807) is 37.8 Å².